The molecule has 0 aliphatic rings. The van der Waals surface area contributed by atoms with E-state index in [9.17, 15) is 0 Å². The van der Waals surface area contributed by atoms with Crippen LogP contribution in [0, 0.1) is 5.92 Å². The molecule has 2 heteroatoms. The fourth-order valence-electron chi connectivity index (χ4n) is 1.50. The molecule has 0 amide bonds. The van der Waals surface area contributed by atoms with Gasteiger partial charge in [0.25, 0.3) is 0 Å². The topological polar surface area (TPSA) is 0 Å². The lowest BCUT2D eigenvalue weighted by atomic mass is 10.1. The van der Waals surface area contributed by atoms with Crippen LogP contribution in [0.4, 0.5) is 0 Å². The van der Waals surface area contributed by atoms with Crippen molar-refractivity contribution in [3.8, 4) is 0 Å². The van der Waals surface area contributed by atoms with Crippen LogP contribution in [0.3, 0.4) is 0 Å². The molecule has 0 N–H and O–H groups in total. The normalized spacial score (nSPS) is 15.0. The van der Waals surface area contributed by atoms with Crippen LogP contribution in [0.2, 0.25) is 25.7 Å². The summed E-state index contributed by atoms with van der Waals surface area (Å²) >= 11 is 4.28. The zero-order chi connectivity index (χ0) is 8.91. The molecular formula is C9H22SSi. The molecule has 1 unspecified atom stereocenters. The van der Waals surface area contributed by atoms with Crippen molar-refractivity contribution in [2.75, 3.05) is 5.75 Å². The Morgan fingerprint density at radius 2 is 1.82 bits per heavy atom. The number of hydrogen-bond donors (Lipinski definition) is 1. The molecule has 0 aliphatic heterocycles. The second-order valence-corrected chi connectivity index (χ2v) is 10.5. The van der Waals surface area contributed by atoms with Crippen molar-refractivity contribution in [1.82, 2.24) is 0 Å². The molecule has 0 aromatic carbocycles. The second kappa shape index (κ2) is 5.25. The Morgan fingerprint density at radius 3 is 2.09 bits per heavy atom. The molecule has 0 aromatic rings. The van der Waals surface area contributed by atoms with Gasteiger partial charge in [-0.05, 0) is 18.1 Å². The largest absolute Gasteiger partial charge is 0.179 e. The highest BCUT2D eigenvalue weighted by atomic mass is 32.1. The van der Waals surface area contributed by atoms with Crippen molar-refractivity contribution < 1.29 is 0 Å². The van der Waals surface area contributed by atoms with Gasteiger partial charge in [-0.1, -0.05) is 39.0 Å². The van der Waals surface area contributed by atoms with Gasteiger partial charge in [0.05, 0.1) is 0 Å². The molecule has 0 spiro atoms. The van der Waals surface area contributed by atoms with E-state index in [0.717, 1.165) is 11.7 Å². The van der Waals surface area contributed by atoms with Crippen molar-refractivity contribution in [3.63, 3.8) is 0 Å². The first-order valence-electron chi connectivity index (χ1n) is 4.60. The van der Waals surface area contributed by atoms with Crippen molar-refractivity contribution in [1.29, 1.82) is 0 Å². The van der Waals surface area contributed by atoms with Gasteiger partial charge in [0, 0.05) is 8.07 Å². The van der Waals surface area contributed by atoms with Crippen molar-refractivity contribution in [2.24, 2.45) is 5.92 Å². The van der Waals surface area contributed by atoms with E-state index < -0.39 is 8.07 Å². The Hall–Kier alpha value is 0.567. The highest BCUT2D eigenvalue weighted by Gasteiger charge is 2.18. The Bertz CT molecular complexity index is 96.2. The van der Waals surface area contributed by atoms with Crippen molar-refractivity contribution >= 4 is 20.7 Å². The Balaban J connectivity index is 3.68. The molecule has 0 aromatic heterocycles. The van der Waals surface area contributed by atoms with Crippen LogP contribution in [0.15, 0.2) is 0 Å². The molecule has 0 bridgehead atoms. The summed E-state index contributed by atoms with van der Waals surface area (Å²) < 4.78 is 0. The standard InChI is InChI=1S/C9H22SSi/c1-5-9(6-7-10)8-11(2,3)4/h9-10H,5-8H2,1-4H3. The average molecular weight is 190 g/mol. The van der Waals surface area contributed by atoms with E-state index in [4.69, 9.17) is 0 Å². The van der Waals surface area contributed by atoms with Gasteiger partial charge in [0.15, 0.2) is 0 Å². The summed E-state index contributed by atoms with van der Waals surface area (Å²) in [5, 5.41) is 0. The summed E-state index contributed by atoms with van der Waals surface area (Å²) in [6, 6.07) is 1.48. The van der Waals surface area contributed by atoms with Crippen LogP contribution < -0.4 is 0 Å². The third-order valence-electron chi connectivity index (χ3n) is 2.02. The van der Waals surface area contributed by atoms with Crippen LogP contribution in [0.25, 0.3) is 0 Å². The number of hydrogen-bond acceptors (Lipinski definition) is 1. The molecule has 11 heavy (non-hydrogen) atoms. The lowest BCUT2D eigenvalue weighted by Crippen LogP contribution is -2.23. The predicted molar refractivity (Wildman–Crippen MR) is 60.4 cm³/mol. The third kappa shape index (κ3) is 6.95. The third-order valence-corrected chi connectivity index (χ3v) is 4.08. The Morgan fingerprint density at radius 1 is 1.27 bits per heavy atom. The molecule has 1 atom stereocenters. The first-order valence-corrected chi connectivity index (χ1v) is 8.94. The van der Waals surface area contributed by atoms with E-state index in [1.54, 1.807) is 0 Å². The van der Waals surface area contributed by atoms with Gasteiger partial charge >= 0.3 is 0 Å². The molecule has 0 saturated carbocycles. The summed E-state index contributed by atoms with van der Waals surface area (Å²) in [6.07, 6.45) is 2.65. The molecule has 68 valence electrons. The van der Waals surface area contributed by atoms with Gasteiger partial charge in [0.2, 0.25) is 0 Å². The quantitative estimate of drug-likeness (QED) is 0.496. The van der Waals surface area contributed by atoms with Gasteiger partial charge in [0.1, 0.15) is 0 Å². The van der Waals surface area contributed by atoms with E-state index in [2.05, 4.69) is 39.2 Å². The zero-order valence-corrected chi connectivity index (χ0v) is 10.2. The van der Waals surface area contributed by atoms with E-state index in [1.807, 2.05) is 0 Å². The maximum absolute atomic E-state index is 4.28. The molecule has 0 rings (SSSR count). The fourth-order valence-corrected chi connectivity index (χ4v) is 4.09. The monoisotopic (exact) mass is 190 g/mol. The zero-order valence-electron chi connectivity index (χ0n) is 8.35. The van der Waals surface area contributed by atoms with Crippen molar-refractivity contribution in [3.05, 3.63) is 0 Å². The second-order valence-electron chi connectivity index (χ2n) is 4.55. The minimum atomic E-state index is -0.812. The van der Waals surface area contributed by atoms with E-state index in [0.29, 0.717) is 0 Å². The van der Waals surface area contributed by atoms with Gasteiger partial charge in [-0.15, -0.1) is 0 Å². The molecule has 0 fully saturated rings. The Kier molecular flexibility index (Phi) is 5.53. The van der Waals surface area contributed by atoms with Crippen LogP contribution in [0.1, 0.15) is 19.8 Å². The van der Waals surface area contributed by atoms with E-state index in [1.165, 1.54) is 18.9 Å². The van der Waals surface area contributed by atoms with Crippen molar-refractivity contribution in [2.45, 2.75) is 45.5 Å². The van der Waals surface area contributed by atoms with Gasteiger partial charge in [-0.25, -0.2) is 0 Å². The Labute approximate surface area is 78.2 Å². The van der Waals surface area contributed by atoms with Crippen LogP contribution in [-0.2, 0) is 0 Å². The molecular weight excluding hydrogens is 168 g/mol. The predicted octanol–water partition coefficient (Wildman–Crippen LogP) is 3.67. The summed E-state index contributed by atoms with van der Waals surface area (Å²) in [4.78, 5) is 0. The average Bonchev–Trinajstić information content (AvgIpc) is 1.84. The number of rotatable bonds is 5. The van der Waals surface area contributed by atoms with Crippen LogP contribution in [-0.4, -0.2) is 13.8 Å². The first kappa shape index (κ1) is 11.6. The maximum atomic E-state index is 4.28. The smallest absolute Gasteiger partial charge is 0.0445 e. The number of thiol groups is 1. The van der Waals surface area contributed by atoms with E-state index >= 15 is 0 Å². The molecule has 0 heterocycles. The van der Waals surface area contributed by atoms with Gasteiger partial charge in [-0.2, -0.15) is 12.6 Å². The summed E-state index contributed by atoms with van der Waals surface area (Å²) in [6.45, 7) is 9.66. The minimum absolute atomic E-state index is 0.812. The highest BCUT2D eigenvalue weighted by molar-refractivity contribution is 7.80. The molecule has 0 radical (unpaired) electrons. The first-order chi connectivity index (χ1) is 4.99. The highest BCUT2D eigenvalue weighted by Crippen LogP contribution is 2.22. The molecule has 0 aliphatic carbocycles. The lowest BCUT2D eigenvalue weighted by Gasteiger charge is -2.22. The van der Waals surface area contributed by atoms with Gasteiger partial charge in [-0.3, -0.25) is 0 Å². The fraction of sp³-hybridized carbons (Fsp3) is 1.00. The molecule has 0 nitrogen and oxygen atoms in total. The molecule has 0 saturated heterocycles. The summed E-state index contributed by atoms with van der Waals surface area (Å²) in [7, 11) is -0.812. The van der Waals surface area contributed by atoms with Crippen LogP contribution >= 0.6 is 12.6 Å². The summed E-state index contributed by atoms with van der Waals surface area (Å²) in [5.74, 6) is 2.00. The van der Waals surface area contributed by atoms with Crippen LogP contribution in [0.5, 0.6) is 0 Å². The maximum Gasteiger partial charge on any atom is 0.0445 e. The minimum Gasteiger partial charge on any atom is -0.179 e. The lowest BCUT2D eigenvalue weighted by molar-refractivity contribution is 0.541. The van der Waals surface area contributed by atoms with Gasteiger partial charge < -0.3 is 0 Å². The SMILES string of the molecule is CCC(CCS)C[Si](C)(C)C. The summed E-state index contributed by atoms with van der Waals surface area (Å²) in [5.41, 5.74) is 0. The van der Waals surface area contributed by atoms with E-state index in [-0.39, 0.29) is 0 Å².